The molecular formula is C20H27FN2O2S. The first-order chi connectivity index (χ1) is 12.5. The van der Waals surface area contributed by atoms with Crippen LogP contribution < -0.4 is 0 Å². The molecule has 1 saturated carbocycles. The van der Waals surface area contributed by atoms with Crippen molar-refractivity contribution in [1.29, 1.82) is 0 Å². The van der Waals surface area contributed by atoms with E-state index in [9.17, 15) is 14.0 Å². The number of piperidine rings is 1. The number of likely N-dealkylation sites (tertiary alicyclic amines) is 2. The summed E-state index contributed by atoms with van der Waals surface area (Å²) < 4.78 is 13.3. The Bertz CT molecular complexity index is 683. The number of nitrogens with zero attached hydrogens (tertiary/aromatic N) is 2. The third-order valence-electron chi connectivity index (χ3n) is 6.50. The van der Waals surface area contributed by atoms with Crippen molar-refractivity contribution in [2.45, 2.75) is 51.5 Å². The predicted molar refractivity (Wildman–Crippen MR) is 99.5 cm³/mol. The van der Waals surface area contributed by atoms with Crippen molar-refractivity contribution in [3.05, 3.63) is 22.1 Å². The first-order valence-electron chi connectivity index (χ1n) is 9.88. The van der Waals surface area contributed by atoms with E-state index in [1.54, 1.807) is 6.07 Å². The highest BCUT2D eigenvalue weighted by Gasteiger charge is 2.44. The summed E-state index contributed by atoms with van der Waals surface area (Å²) in [6.45, 7) is 4.40. The fourth-order valence-electron chi connectivity index (χ4n) is 4.95. The van der Waals surface area contributed by atoms with Crippen LogP contribution in [0.4, 0.5) is 4.39 Å². The van der Waals surface area contributed by atoms with E-state index in [4.69, 9.17) is 0 Å². The lowest BCUT2D eigenvalue weighted by atomic mass is 9.82. The zero-order valence-corrected chi connectivity index (χ0v) is 16.1. The maximum absolute atomic E-state index is 13.3. The van der Waals surface area contributed by atoms with E-state index in [0.29, 0.717) is 29.8 Å². The smallest absolute Gasteiger partial charge is 0.264 e. The lowest BCUT2D eigenvalue weighted by Gasteiger charge is -2.36. The topological polar surface area (TPSA) is 40.6 Å². The summed E-state index contributed by atoms with van der Waals surface area (Å²) in [5.41, 5.74) is 0. The van der Waals surface area contributed by atoms with E-state index >= 15 is 0 Å². The number of amides is 2. The largest absolute Gasteiger partial charge is 0.340 e. The Balaban J connectivity index is 1.44. The minimum atomic E-state index is -0.323. The van der Waals surface area contributed by atoms with Gasteiger partial charge in [0.15, 0.2) is 5.13 Å². The Morgan fingerprint density at radius 3 is 2.58 bits per heavy atom. The molecule has 0 spiro atoms. The monoisotopic (exact) mass is 378 g/mol. The van der Waals surface area contributed by atoms with Gasteiger partial charge in [0.25, 0.3) is 5.91 Å². The summed E-state index contributed by atoms with van der Waals surface area (Å²) in [6, 6.07) is 3.02. The van der Waals surface area contributed by atoms with Gasteiger partial charge in [-0.3, -0.25) is 9.59 Å². The predicted octanol–water partition coefficient (Wildman–Crippen LogP) is 3.78. The van der Waals surface area contributed by atoms with Gasteiger partial charge in [0.05, 0.1) is 10.9 Å². The lowest BCUT2D eigenvalue weighted by molar-refractivity contribution is -0.136. The zero-order valence-electron chi connectivity index (χ0n) is 15.3. The van der Waals surface area contributed by atoms with Crippen LogP contribution in [0, 0.1) is 22.9 Å². The summed E-state index contributed by atoms with van der Waals surface area (Å²) in [4.78, 5) is 30.2. The Hall–Kier alpha value is -1.43. The fraction of sp³-hybridized carbons (Fsp3) is 0.700. The Kier molecular flexibility index (Phi) is 5.04. The summed E-state index contributed by atoms with van der Waals surface area (Å²) in [7, 11) is 0. The van der Waals surface area contributed by atoms with Crippen LogP contribution in [0.2, 0.25) is 0 Å². The highest BCUT2D eigenvalue weighted by atomic mass is 32.1. The molecule has 3 fully saturated rings. The molecule has 0 aromatic carbocycles. The van der Waals surface area contributed by atoms with E-state index in [-0.39, 0.29) is 23.0 Å². The van der Waals surface area contributed by atoms with Gasteiger partial charge in [0.2, 0.25) is 5.91 Å². The molecule has 4 rings (SSSR count). The number of fused-ring (bicyclic) bond motifs is 1. The molecular weight excluding hydrogens is 351 g/mol. The maximum atomic E-state index is 13.3. The van der Waals surface area contributed by atoms with Gasteiger partial charge in [-0.25, -0.2) is 0 Å². The number of hydrogen-bond acceptors (Lipinski definition) is 3. The number of rotatable bonds is 2. The van der Waals surface area contributed by atoms with Crippen molar-refractivity contribution in [2.75, 3.05) is 19.6 Å². The van der Waals surface area contributed by atoms with Crippen LogP contribution in [0.1, 0.15) is 55.1 Å². The molecule has 1 aromatic heterocycles. The Morgan fingerprint density at radius 2 is 1.88 bits per heavy atom. The Morgan fingerprint density at radius 1 is 1.12 bits per heavy atom. The van der Waals surface area contributed by atoms with Crippen molar-refractivity contribution in [3.8, 4) is 0 Å². The van der Waals surface area contributed by atoms with E-state index in [1.165, 1.54) is 6.07 Å². The van der Waals surface area contributed by atoms with Crippen LogP contribution in [-0.2, 0) is 4.79 Å². The third-order valence-corrected chi connectivity index (χ3v) is 7.36. The van der Waals surface area contributed by atoms with E-state index in [1.807, 2.05) is 9.80 Å². The molecule has 4 nitrogen and oxygen atoms in total. The molecule has 1 aromatic rings. The normalized spacial score (nSPS) is 31.8. The van der Waals surface area contributed by atoms with Crippen LogP contribution in [-0.4, -0.2) is 47.3 Å². The second-order valence-electron chi connectivity index (χ2n) is 8.27. The van der Waals surface area contributed by atoms with Crippen molar-refractivity contribution < 1.29 is 14.0 Å². The first kappa shape index (κ1) is 18.0. The van der Waals surface area contributed by atoms with Gasteiger partial charge in [-0.05, 0) is 62.5 Å². The summed E-state index contributed by atoms with van der Waals surface area (Å²) in [6.07, 6.45) is 6.33. The first-order valence-corrected chi connectivity index (χ1v) is 10.7. The molecule has 2 amide bonds. The van der Waals surface area contributed by atoms with Crippen LogP contribution in [0.15, 0.2) is 12.1 Å². The summed E-state index contributed by atoms with van der Waals surface area (Å²) >= 11 is 0.915. The molecule has 1 aliphatic carbocycles. The average Bonchev–Trinajstić information content (AvgIpc) is 3.27. The van der Waals surface area contributed by atoms with Crippen LogP contribution in [0.5, 0.6) is 0 Å². The third kappa shape index (κ3) is 3.40. The standard InChI is InChI=1S/C20H27FN2O2S/c1-13-4-6-14(7-5-13)19(24)22-11-15-3-2-10-23(16(15)12-22)20(25)17-8-9-18(21)26-17/h8-9,13-16H,2-7,10-12H2,1H3/t13?,14?,15?,16-/m0/s1. The van der Waals surface area contributed by atoms with Crippen LogP contribution >= 0.6 is 11.3 Å². The van der Waals surface area contributed by atoms with Crippen molar-refractivity contribution >= 4 is 23.2 Å². The van der Waals surface area contributed by atoms with Gasteiger partial charge in [-0.15, -0.1) is 11.3 Å². The second kappa shape index (κ2) is 7.29. The number of carbonyl (C=O) groups excluding carboxylic acids is 2. The van der Waals surface area contributed by atoms with E-state index < -0.39 is 0 Å². The number of halogens is 1. The Labute approximate surface area is 158 Å². The lowest BCUT2D eigenvalue weighted by Crippen LogP contribution is -2.48. The van der Waals surface area contributed by atoms with Crippen LogP contribution in [0.3, 0.4) is 0 Å². The summed E-state index contributed by atoms with van der Waals surface area (Å²) in [5, 5.41) is -0.323. The second-order valence-corrected chi connectivity index (χ2v) is 9.31. The molecule has 142 valence electrons. The minimum Gasteiger partial charge on any atom is -0.340 e. The highest BCUT2D eigenvalue weighted by molar-refractivity contribution is 7.12. The molecule has 6 heteroatoms. The minimum absolute atomic E-state index is 0.0746. The molecule has 2 aliphatic heterocycles. The summed E-state index contributed by atoms with van der Waals surface area (Å²) in [5.74, 6) is 1.49. The SMILES string of the molecule is CC1CCC(C(=O)N2CC3CCCN(C(=O)c4ccc(F)s4)[C@H]3C2)CC1. The van der Waals surface area contributed by atoms with Crippen molar-refractivity contribution in [2.24, 2.45) is 17.8 Å². The molecule has 0 radical (unpaired) electrons. The number of hydrogen-bond donors (Lipinski definition) is 0. The zero-order chi connectivity index (χ0) is 18.3. The van der Waals surface area contributed by atoms with Gasteiger partial charge in [-0.1, -0.05) is 6.92 Å². The fourth-order valence-corrected chi connectivity index (χ4v) is 5.64. The van der Waals surface area contributed by atoms with Crippen LogP contribution in [0.25, 0.3) is 0 Å². The van der Waals surface area contributed by atoms with Gasteiger partial charge in [0.1, 0.15) is 0 Å². The maximum Gasteiger partial charge on any atom is 0.264 e. The molecule has 2 atom stereocenters. The van der Waals surface area contributed by atoms with E-state index in [0.717, 1.165) is 62.3 Å². The van der Waals surface area contributed by atoms with Crippen molar-refractivity contribution in [1.82, 2.24) is 9.80 Å². The molecule has 3 heterocycles. The molecule has 0 N–H and O–H groups in total. The number of thiophene rings is 1. The molecule has 0 bridgehead atoms. The highest BCUT2D eigenvalue weighted by Crippen LogP contribution is 2.35. The molecule has 2 saturated heterocycles. The average molecular weight is 379 g/mol. The molecule has 1 unspecified atom stereocenters. The number of carbonyl (C=O) groups is 2. The molecule has 26 heavy (non-hydrogen) atoms. The van der Waals surface area contributed by atoms with Gasteiger partial charge in [0, 0.05) is 25.6 Å². The van der Waals surface area contributed by atoms with Gasteiger partial charge >= 0.3 is 0 Å². The molecule has 3 aliphatic rings. The van der Waals surface area contributed by atoms with Gasteiger partial charge in [-0.2, -0.15) is 4.39 Å². The van der Waals surface area contributed by atoms with E-state index in [2.05, 4.69) is 6.92 Å². The quantitative estimate of drug-likeness (QED) is 0.786. The van der Waals surface area contributed by atoms with Crippen molar-refractivity contribution in [3.63, 3.8) is 0 Å². The van der Waals surface area contributed by atoms with Gasteiger partial charge < -0.3 is 9.80 Å².